The second-order valence-electron chi connectivity index (χ2n) is 3.64. The van der Waals surface area contributed by atoms with Gasteiger partial charge in [-0.05, 0) is 25.1 Å². The fourth-order valence-corrected chi connectivity index (χ4v) is 2.18. The zero-order valence-electron chi connectivity index (χ0n) is 9.27. The number of hydrogen-bond acceptors (Lipinski definition) is 4. The highest BCUT2D eigenvalue weighted by molar-refractivity contribution is 7.07. The molecule has 0 aliphatic heterocycles. The Balaban J connectivity index is 2.51. The van der Waals surface area contributed by atoms with E-state index in [4.69, 9.17) is 11.5 Å². The second kappa shape index (κ2) is 4.02. The summed E-state index contributed by atoms with van der Waals surface area (Å²) in [5.74, 6) is 0. The van der Waals surface area contributed by atoms with Gasteiger partial charge in [-0.25, -0.2) is 4.99 Å². The number of nitrogen functional groups attached to an aromatic ring is 2. The van der Waals surface area contributed by atoms with E-state index in [2.05, 4.69) is 10.4 Å². The Morgan fingerprint density at radius 1 is 1.25 bits per heavy atom. The fourth-order valence-electron chi connectivity index (χ4n) is 1.29. The first kappa shape index (κ1) is 10.8. The first-order chi connectivity index (χ1) is 7.58. The number of anilines is 2. The number of nitrogens with two attached hydrogens (primary N) is 2. The third-order valence-corrected chi connectivity index (χ3v) is 3.48. The van der Waals surface area contributed by atoms with Crippen LogP contribution in [0.2, 0.25) is 0 Å². The largest absolute Gasteiger partial charge is 0.397 e. The minimum absolute atomic E-state index is 0.567. The van der Waals surface area contributed by atoms with Gasteiger partial charge in [-0.15, -0.1) is 11.3 Å². The molecule has 0 saturated carbocycles. The highest BCUT2D eigenvalue weighted by Gasteiger charge is 1.98. The molecule has 4 nitrogen and oxygen atoms in total. The van der Waals surface area contributed by atoms with E-state index in [9.17, 15) is 0 Å². The van der Waals surface area contributed by atoms with Crippen molar-refractivity contribution in [3.05, 3.63) is 34.1 Å². The summed E-state index contributed by atoms with van der Waals surface area (Å²) in [7, 11) is 1.99. The zero-order valence-corrected chi connectivity index (χ0v) is 10.1. The van der Waals surface area contributed by atoms with Crippen LogP contribution in [0, 0.1) is 6.92 Å². The first-order valence-corrected chi connectivity index (χ1v) is 5.77. The van der Waals surface area contributed by atoms with Crippen molar-refractivity contribution in [3.63, 3.8) is 0 Å². The molecule has 0 radical (unpaired) electrons. The van der Waals surface area contributed by atoms with Crippen molar-refractivity contribution in [3.8, 4) is 0 Å². The SMILES string of the molecule is Cc1csc(=Nc2ccc(N)c(N)c2)n1C. The summed E-state index contributed by atoms with van der Waals surface area (Å²) in [5, 5.41) is 2.07. The van der Waals surface area contributed by atoms with Crippen molar-refractivity contribution in [2.75, 3.05) is 11.5 Å². The van der Waals surface area contributed by atoms with Crippen molar-refractivity contribution in [2.24, 2.45) is 12.0 Å². The minimum atomic E-state index is 0.567. The quantitative estimate of drug-likeness (QED) is 0.739. The molecular weight excluding hydrogens is 220 g/mol. The highest BCUT2D eigenvalue weighted by atomic mass is 32.1. The molecular formula is C11H14N4S. The fraction of sp³-hybridized carbons (Fsp3) is 0.182. The van der Waals surface area contributed by atoms with Gasteiger partial charge in [0, 0.05) is 18.1 Å². The summed E-state index contributed by atoms with van der Waals surface area (Å²) in [6.45, 7) is 2.05. The number of thiazole rings is 1. The molecule has 1 aromatic carbocycles. The normalized spacial score (nSPS) is 12.0. The van der Waals surface area contributed by atoms with Crippen LogP contribution in [0.3, 0.4) is 0 Å². The maximum absolute atomic E-state index is 5.73. The van der Waals surface area contributed by atoms with Crippen LogP contribution in [-0.2, 0) is 7.05 Å². The lowest BCUT2D eigenvalue weighted by Crippen LogP contribution is -2.10. The standard InChI is InChI=1S/C11H14N4S/c1-7-6-16-11(15(7)2)14-8-3-4-9(12)10(13)5-8/h3-6H,12-13H2,1-2H3. The molecule has 0 amide bonds. The molecule has 0 saturated heterocycles. The lowest BCUT2D eigenvalue weighted by Gasteiger charge is -2.00. The maximum Gasteiger partial charge on any atom is 0.189 e. The molecule has 16 heavy (non-hydrogen) atoms. The summed E-state index contributed by atoms with van der Waals surface area (Å²) in [6, 6.07) is 5.42. The number of aryl methyl sites for hydroxylation is 1. The molecule has 1 aromatic heterocycles. The van der Waals surface area contributed by atoms with Crippen molar-refractivity contribution < 1.29 is 0 Å². The number of nitrogens with zero attached hydrogens (tertiary/aromatic N) is 2. The molecule has 0 unspecified atom stereocenters. The molecule has 2 aromatic rings. The van der Waals surface area contributed by atoms with E-state index in [-0.39, 0.29) is 0 Å². The lowest BCUT2D eigenvalue weighted by atomic mass is 10.2. The van der Waals surface area contributed by atoms with Gasteiger partial charge in [-0.2, -0.15) is 0 Å². The van der Waals surface area contributed by atoms with Crippen molar-refractivity contribution in [1.29, 1.82) is 0 Å². The maximum atomic E-state index is 5.73. The van der Waals surface area contributed by atoms with Crippen LogP contribution in [0.4, 0.5) is 17.1 Å². The first-order valence-electron chi connectivity index (χ1n) is 4.89. The molecule has 0 aliphatic rings. The van der Waals surface area contributed by atoms with Crippen molar-refractivity contribution in [2.45, 2.75) is 6.92 Å². The van der Waals surface area contributed by atoms with Gasteiger partial charge in [-0.1, -0.05) is 0 Å². The Hall–Kier alpha value is -1.75. The second-order valence-corrected chi connectivity index (χ2v) is 4.48. The molecule has 0 bridgehead atoms. The van der Waals surface area contributed by atoms with E-state index in [1.165, 1.54) is 5.69 Å². The van der Waals surface area contributed by atoms with Crippen LogP contribution in [-0.4, -0.2) is 4.57 Å². The van der Waals surface area contributed by atoms with E-state index in [0.717, 1.165) is 10.5 Å². The van der Waals surface area contributed by atoms with Gasteiger partial charge < -0.3 is 16.0 Å². The highest BCUT2D eigenvalue weighted by Crippen LogP contribution is 2.21. The summed E-state index contributed by atoms with van der Waals surface area (Å²) < 4.78 is 2.04. The predicted octanol–water partition coefficient (Wildman–Crippen LogP) is 1.79. The Morgan fingerprint density at radius 2 is 2.00 bits per heavy atom. The zero-order chi connectivity index (χ0) is 11.7. The number of aromatic nitrogens is 1. The minimum Gasteiger partial charge on any atom is -0.397 e. The number of benzene rings is 1. The number of rotatable bonds is 1. The smallest absolute Gasteiger partial charge is 0.189 e. The lowest BCUT2D eigenvalue weighted by molar-refractivity contribution is 0.835. The molecule has 2 rings (SSSR count). The van der Waals surface area contributed by atoms with Gasteiger partial charge in [0.25, 0.3) is 0 Å². The van der Waals surface area contributed by atoms with Crippen molar-refractivity contribution in [1.82, 2.24) is 4.57 Å². The molecule has 4 N–H and O–H groups in total. The van der Waals surface area contributed by atoms with Crippen molar-refractivity contribution >= 4 is 28.4 Å². The predicted molar refractivity (Wildman–Crippen MR) is 68.5 cm³/mol. The molecule has 0 fully saturated rings. The Morgan fingerprint density at radius 3 is 2.56 bits per heavy atom. The Bertz CT molecular complexity index is 580. The monoisotopic (exact) mass is 234 g/mol. The average Bonchev–Trinajstić information content (AvgIpc) is 2.55. The Kier molecular flexibility index (Phi) is 2.70. The van der Waals surface area contributed by atoms with Crippen LogP contribution in [0.25, 0.3) is 0 Å². The van der Waals surface area contributed by atoms with Crippen LogP contribution >= 0.6 is 11.3 Å². The van der Waals surface area contributed by atoms with Gasteiger partial charge in [-0.3, -0.25) is 0 Å². The average molecular weight is 234 g/mol. The third kappa shape index (κ3) is 1.94. The van der Waals surface area contributed by atoms with Crippen LogP contribution in [0.1, 0.15) is 5.69 Å². The number of hydrogen-bond donors (Lipinski definition) is 2. The van der Waals surface area contributed by atoms with Gasteiger partial charge in [0.2, 0.25) is 0 Å². The van der Waals surface area contributed by atoms with E-state index < -0.39 is 0 Å². The van der Waals surface area contributed by atoms with E-state index >= 15 is 0 Å². The summed E-state index contributed by atoms with van der Waals surface area (Å²) in [6.07, 6.45) is 0. The third-order valence-electron chi connectivity index (χ3n) is 2.45. The van der Waals surface area contributed by atoms with Gasteiger partial charge in [0.05, 0.1) is 17.1 Å². The van der Waals surface area contributed by atoms with Gasteiger partial charge in [0.1, 0.15) is 0 Å². The van der Waals surface area contributed by atoms with E-state index in [1.54, 1.807) is 23.5 Å². The molecule has 0 atom stereocenters. The van der Waals surface area contributed by atoms with Gasteiger partial charge in [0.15, 0.2) is 4.80 Å². The van der Waals surface area contributed by atoms with E-state index in [0.29, 0.717) is 11.4 Å². The summed E-state index contributed by atoms with van der Waals surface area (Å²) >= 11 is 1.61. The van der Waals surface area contributed by atoms with Gasteiger partial charge >= 0.3 is 0 Å². The topological polar surface area (TPSA) is 69.3 Å². The molecule has 0 aliphatic carbocycles. The summed E-state index contributed by atoms with van der Waals surface area (Å²) in [4.78, 5) is 5.46. The molecule has 5 heteroatoms. The molecule has 1 heterocycles. The van der Waals surface area contributed by atoms with E-state index in [1.807, 2.05) is 24.6 Å². The Labute approximate surface area is 97.9 Å². The summed E-state index contributed by atoms with van der Waals surface area (Å²) in [5.41, 5.74) is 14.5. The van der Waals surface area contributed by atoms with Crippen LogP contribution < -0.4 is 16.3 Å². The molecule has 0 spiro atoms. The van der Waals surface area contributed by atoms with Crippen LogP contribution in [0.15, 0.2) is 28.6 Å². The molecule has 84 valence electrons. The van der Waals surface area contributed by atoms with Crippen LogP contribution in [0.5, 0.6) is 0 Å².